The van der Waals surface area contributed by atoms with Crippen LogP contribution in [0.3, 0.4) is 0 Å². The largest absolute Gasteiger partial charge is 0.354 e. The molecule has 124 valence electrons. The van der Waals surface area contributed by atoms with Gasteiger partial charge in [0, 0.05) is 42.9 Å². The molecule has 0 aliphatic carbocycles. The first kappa shape index (κ1) is 16.2. The lowest BCUT2D eigenvalue weighted by Gasteiger charge is -2.35. The summed E-state index contributed by atoms with van der Waals surface area (Å²) in [7, 11) is 0. The number of imidazole rings is 1. The lowest BCUT2D eigenvalue weighted by atomic mass is 10.0. The van der Waals surface area contributed by atoms with Gasteiger partial charge in [0.1, 0.15) is 0 Å². The molecule has 3 rings (SSSR count). The standard InChI is InChI=1S/C17H24N4OS/c1-14(17(22)19-7-4-16-3-2-12-23-16)20-9-5-15(6-10-20)21-11-8-18-13-21/h2-3,8,11-15H,4-7,9-10H2,1H3,(H,19,22). The van der Waals surface area contributed by atoms with Gasteiger partial charge in [-0.3, -0.25) is 9.69 Å². The predicted octanol–water partition coefficient (Wildman–Crippen LogP) is 2.33. The Bertz CT molecular complexity index is 588. The van der Waals surface area contributed by atoms with Crippen molar-refractivity contribution in [3.63, 3.8) is 0 Å². The molecule has 1 unspecified atom stereocenters. The second-order valence-corrected chi connectivity index (χ2v) is 7.11. The molecule has 5 nitrogen and oxygen atoms in total. The molecule has 1 saturated heterocycles. The first-order valence-corrected chi connectivity index (χ1v) is 9.13. The Balaban J connectivity index is 1.41. The lowest BCUT2D eigenvalue weighted by Crippen LogP contribution is -2.48. The first-order valence-electron chi connectivity index (χ1n) is 8.25. The SMILES string of the molecule is CC(C(=O)NCCc1cccs1)N1CCC(n2ccnc2)CC1. The monoisotopic (exact) mass is 332 g/mol. The van der Waals surface area contributed by atoms with Crippen LogP contribution in [0.25, 0.3) is 0 Å². The molecule has 6 heteroatoms. The van der Waals surface area contributed by atoms with Crippen molar-refractivity contribution in [3.05, 3.63) is 41.1 Å². The van der Waals surface area contributed by atoms with Crippen LogP contribution < -0.4 is 5.32 Å². The van der Waals surface area contributed by atoms with Gasteiger partial charge in [-0.1, -0.05) is 6.07 Å². The third-order valence-electron chi connectivity index (χ3n) is 4.62. The summed E-state index contributed by atoms with van der Waals surface area (Å²) in [6.45, 7) is 4.65. The summed E-state index contributed by atoms with van der Waals surface area (Å²) < 4.78 is 2.18. The number of nitrogens with one attached hydrogen (secondary N) is 1. The third kappa shape index (κ3) is 4.20. The van der Waals surface area contributed by atoms with E-state index in [2.05, 4.69) is 37.3 Å². The fourth-order valence-corrected chi connectivity index (χ4v) is 3.84. The third-order valence-corrected chi connectivity index (χ3v) is 5.56. The summed E-state index contributed by atoms with van der Waals surface area (Å²) >= 11 is 1.74. The summed E-state index contributed by atoms with van der Waals surface area (Å²) in [6.07, 6.45) is 8.81. The molecule has 1 N–H and O–H groups in total. The number of thiophene rings is 1. The van der Waals surface area contributed by atoms with E-state index >= 15 is 0 Å². The quantitative estimate of drug-likeness (QED) is 0.883. The smallest absolute Gasteiger partial charge is 0.237 e. The Labute approximate surface area is 141 Å². The Morgan fingerprint density at radius 2 is 2.30 bits per heavy atom. The van der Waals surface area contributed by atoms with E-state index in [9.17, 15) is 4.79 Å². The lowest BCUT2D eigenvalue weighted by molar-refractivity contribution is -0.126. The van der Waals surface area contributed by atoms with Crippen molar-refractivity contribution < 1.29 is 4.79 Å². The minimum absolute atomic E-state index is 0.0536. The molecule has 0 aromatic carbocycles. The summed E-state index contributed by atoms with van der Waals surface area (Å²) in [5.74, 6) is 0.141. The van der Waals surface area contributed by atoms with E-state index in [1.807, 2.05) is 25.6 Å². The van der Waals surface area contributed by atoms with Crippen LogP contribution in [-0.2, 0) is 11.2 Å². The molecule has 0 saturated carbocycles. The van der Waals surface area contributed by atoms with E-state index in [1.165, 1.54) is 4.88 Å². The van der Waals surface area contributed by atoms with Crippen LogP contribution in [0.5, 0.6) is 0 Å². The second-order valence-electron chi connectivity index (χ2n) is 6.07. The maximum atomic E-state index is 12.3. The number of aromatic nitrogens is 2. The minimum atomic E-state index is -0.0536. The Hall–Kier alpha value is -1.66. The highest BCUT2D eigenvalue weighted by Crippen LogP contribution is 2.23. The molecule has 3 heterocycles. The van der Waals surface area contributed by atoms with Gasteiger partial charge < -0.3 is 9.88 Å². The van der Waals surface area contributed by atoms with E-state index in [4.69, 9.17) is 0 Å². The molecule has 1 fully saturated rings. The van der Waals surface area contributed by atoms with Gasteiger partial charge in [-0.25, -0.2) is 4.98 Å². The molecule has 1 amide bonds. The van der Waals surface area contributed by atoms with Gasteiger partial charge in [-0.2, -0.15) is 0 Å². The van der Waals surface area contributed by atoms with Crippen molar-refractivity contribution in [1.82, 2.24) is 19.8 Å². The van der Waals surface area contributed by atoms with Gasteiger partial charge in [-0.05, 0) is 37.6 Å². The van der Waals surface area contributed by atoms with Crippen molar-refractivity contribution >= 4 is 17.2 Å². The normalized spacial score (nSPS) is 18.0. The molecular formula is C17H24N4OS. The topological polar surface area (TPSA) is 50.2 Å². The summed E-state index contributed by atoms with van der Waals surface area (Å²) in [6, 6.07) is 4.63. The van der Waals surface area contributed by atoms with Crippen LogP contribution in [0.2, 0.25) is 0 Å². The number of rotatable bonds is 6. The molecule has 0 spiro atoms. The number of piperidine rings is 1. The number of nitrogens with zero attached hydrogens (tertiary/aromatic N) is 3. The van der Waals surface area contributed by atoms with Gasteiger partial charge >= 0.3 is 0 Å². The number of hydrogen-bond donors (Lipinski definition) is 1. The zero-order valence-corrected chi connectivity index (χ0v) is 14.3. The first-order chi connectivity index (χ1) is 11.2. The maximum Gasteiger partial charge on any atom is 0.237 e. The van der Waals surface area contributed by atoms with Crippen molar-refractivity contribution in [1.29, 1.82) is 0 Å². The van der Waals surface area contributed by atoms with E-state index in [1.54, 1.807) is 11.3 Å². The van der Waals surface area contributed by atoms with Crippen LogP contribution in [0, 0.1) is 0 Å². The molecule has 23 heavy (non-hydrogen) atoms. The van der Waals surface area contributed by atoms with Crippen LogP contribution in [0.15, 0.2) is 36.2 Å². The highest BCUT2D eigenvalue weighted by Gasteiger charge is 2.26. The van der Waals surface area contributed by atoms with Crippen molar-refractivity contribution in [2.75, 3.05) is 19.6 Å². The molecule has 2 aromatic heterocycles. The minimum Gasteiger partial charge on any atom is -0.354 e. The molecule has 0 radical (unpaired) electrons. The van der Waals surface area contributed by atoms with Gasteiger partial charge in [0.25, 0.3) is 0 Å². The summed E-state index contributed by atoms with van der Waals surface area (Å²) in [4.78, 5) is 20.0. The second kappa shape index (κ2) is 7.75. The Kier molecular flexibility index (Phi) is 5.46. The van der Waals surface area contributed by atoms with Crippen LogP contribution in [-0.4, -0.2) is 46.0 Å². The zero-order valence-electron chi connectivity index (χ0n) is 13.5. The molecule has 0 bridgehead atoms. The van der Waals surface area contributed by atoms with Crippen LogP contribution >= 0.6 is 11.3 Å². The predicted molar refractivity (Wildman–Crippen MR) is 92.6 cm³/mol. The number of hydrogen-bond acceptors (Lipinski definition) is 4. The highest BCUT2D eigenvalue weighted by molar-refractivity contribution is 7.09. The molecule has 1 atom stereocenters. The van der Waals surface area contributed by atoms with Crippen molar-refractivity contribution in [2.24, 2.45) is 0 Å². The van der Waals surface area contributed by atoms with Gasteiger partial charge in [0.05, 0.1) is 12.4 Å². The fourth-order valence-electron chi connectivity index (χ4n) is 3.13. The average molecular weight is 332 g/mol. The Morgan fingerprint density at radius 3 is 2.96 bits per heavy atom. The van der Waals surface area contributed by atoms with Gasteiger partial charge in [0.2, 0.25) is 5.91 Å². The zero-order chi connectivity index (χ0) is 16.1. The summed E-state index contributed by atoms with van der Waals surface area (Å²) in [5, 5.41) is 5.14. The van der Waals surface area contributed by atoms with Gasteiger partial charge in [-0.15, -0.1) is 11.3 Å². The number of amides is 1. The van der Waals surface area contributed by atoms with Crippen LogP contribution in [0.1, 0.15) is 30.7 Å². The molecular weight excluding hydrogens is 308 g/mol. The van der Waals surface area contributed by atoms with E-state index in [0.29, 0.717) is 6.04 Å². The average Bonchev–Trinajstić information content (AvgIpc) is 3.28. The molecule has 1 aliphatic rings. The van der Waals surface area contributed by atoms with E-state index in [0.717, 1.165) is 38.9 Å². The highest BCUT2D eigenvalue weighted by atomic mass is 32.1. The van der Waals surface area contributed by atoms with Crippen molar-refractivity contribution in [2.45, 2.75) is 38.3 Å². The fraction of sp³-hybridized carbons (Fsp3) is 0.529. The summed E-state index contributed by atoms with van der Waals surface area (Å²) in [5.41, 5.74) is 0. The molecule has 2 aromatic rings. The maximum absolute atomic E-state index is 12.3. The molecule has 1 aliphatic heterocycles. The van der Waals surface area contributed by atoms with Gasteiger partial charge in [0.15, 0.2) is 0 Å². The van der Waals surface area contributed by atoms with E-state index < -0.39 is 0 Å². The Morgan fingerprint density at radius 1 is 1.48 bits per heavy atom. The number of carbonyl (C=O) groups excluding carboxylic acids is 1. The van der Waals surface area contributed by atoms with Crippen molar-refractivity contribution in [3.8, 4) is 0 Å². The van der Waals surface area contributed by atoms with Crippen LogP contribution in [0.4, 0.5) is 0 Å². The van der Waals surface area contributed by atoms with E-state index in [-0.39, 0.29) is 11.9 Å². The number of carbonyl (C=O) groups is 1. The number of likely N-dealkylation sites (tertiary alicyclic amines) is 1.